The number of rotatable bonds is 4. The van der Waals surface area contributed by atoms with Crippen LogP contribution in [0, 0.1) is 17.7 Å². The predicted molar refractivity (Wildman–Crippen MR) is 86.2 cm³/mol. The largest absolute Gasteiger partial charge is 0.481 e. The van der Waals surface area contributed by atoms with Crippen LogP contribution in [0.5, 0.6) is 0 Å². The molecule has 122 valence electrons. The normalized spacial score (nSPS) is 21.4. The van der Waals surface area contributed by atoms with Crippen molar-refractivity contribution in [1.82, 2.24) is 10.2 Å². The lowest BCUT2D eigenvalue weighted by atomic mass is 9.91. The Balaban J connectivity index is 1.70. The Kier molecular flexibility index (Phi) is 4.56. The zero-order valence-corrected chi connectivity index (χ0v) is 13.6. The molecule has 1 saturated heterocycles. The molecule has 1 N–H and O–H groups in total. The minimum absolute atomic E-state index is 0.256. The maximum atomic E-state index is 12.9. The summed E-state index contributed by atoms with van der Waals surface area (Å²) >= 11 is 1.47. The molecule has 7 heteroatoms. The van der Waals surface area contributed by atoms with Crippen LogP contribution in [-0.4, -0.2) is 34.4 Å². The van der Waals surface area contributed by atoms with Crippen LogP contribution in [-0.2, 0) is 11.2 Å². The van der Waals surface area contributed by atoms with Crippen LogP contribution in [0.15, 0.2) is 24.3 Å². The lowest BCUT2D eigenvalue weighted by Crippen LogP contribution is -2.42. The second kappa shape index (κ2) is 6.62. The number of hydrogen-bond acceptors (Lipinski definition) is 5. The van der Waals surface area contributed by atoms with Gasteiger partial charge >= 0.3 is 5.97 Å². The van der Waals surface area contributed by atoms with Crippen molar-refractivity contribution in [2.45, 2.75) is 19.8 Å². The lowest BCUT2D eigenvalue weighted by molar-refractivity contribution is -0.142. The number of carboxylic acid groups (broad SMARTS) is 1. The van der Waals surface area contributed by atoms with E-state index in [2.05, 4.69) is 17.1 Å². The van der Waals surface area contributed by atoms with Crippen molar-refractivity contribution in [1.29, 1.82) is 0 Å². The monoisotopic (exact) mass is 335 g/mol. The molecule has 2 aromatic rings. The van der Waals surface area contributed by atoms with Gasteiger partial charge in [-0.1, -0.05) is 30.4 Å². The van der Waals surface area contributed by atoms with Gasteiger partial charge in [-0.05, 0) is 30.0 Å². The molecule has 1 aliphatic rings. The summed E-state index contributed by atoms with van der Waals surface area (Å²) in [4.78, 5) is 13.3. The molecule has 5 nitrogen and oxygen atoms in total. The number of benzene rings is 1. The number of nitrogens with zero attached hydrogens (tertiary/aromatic N) is 3. The fourth-order valence-corrected chi connectivity index (χ4v) is 3.80. The number of carbonyl (C=O) groups is 1. The van der Waals surface area contributed by atoms with E-state index in [0.29, 0.717) is 25.3 Å². The highest BCUT2D eigenvalue weighted by Gasteiger charge is 2.31. The fourth-order valence-electron chi connectivity index (χ4n) is 2.91. The molecular formula is C16H18FN3O2S. The first kappa shape index (κ1) is 15.9. The van der Waals surface area contributed by atoms with Gasteiger partial charge in [0.05, 0.1) is 5.92 Å². The number of anilines is 1. The molecule has 0 saturated carbocycles. The van der Waals surface area contributed by atoms with Crippen molar-refractivity contribution in [3.63, 3.8) is 0 Å². The van der Waals surface area contributed by atoms with Gasteiger partial charge < -0.3 is 10.0 Å². The third-order valence-electron chi connectivity index (χ3n) is 4.00. The van der Waals surface area contributed by atoms with E-state index in [-0.39, 0.29) is 11.7 Å². The van der Waals surface area contributed by atoms with E-state index < -0.39 is 5.97 Å². The Hall–Kier alpha value is -2.02. The van der Waals surface area contributed by atoms with E-state index in [1.807, 2.05) is 4.90 Å². The Morgan fingerprint density at radius 1 is 1.35 bits per heavy atom. The van der Waals surface area contributed by atoms with E-state index in [4.69, 9.17) is 0 Å². The van der Waals surface area contributed by atoms with Crippen molar-refractivity contribution < 1.29 is 14.3 Å². The fraction of sp³-hybridized carbons (Fsp3) is 0.438. The molecule has 3 rings (SSSR count). The van der Waals surface area contributed by atoms with Gasteiger partial charge in [-0.3, -0.25) is 4.79 Å². The van der Waals surface area contributed by atoms with Crippen molar-refractivity contribution in [2.24, 2.45) is 11.8 Å². The Morgan fingerprint density at radius 3 is 2.78 bits per heavy atom. The van der Waals surface area contributed by atoms with Gasteiger partial charge in [0.2, 0.25) is 5.13 Å². The van der Waals surface area contributed by atoms with E-state index >= 15 is 0 Å². The van der Waals surface area contributed by atoms with Crippen LogP contribution in [0.1, 0.15) is 23.9 Å². The maximum Gasteiger partial charge on any atom is 0.308 e. The van der Waals surface area contributed by atoms with Crippen molar-refractivity contribution in [2.75, 3.05) is 18.0 Å². The van der Waals surface area contributed by atoms with Gasteiger partial charge in [-0.15, -0.1) is 10.2 Å². The molecule has 0 radical (unpaired) electrons. The quantitative estimate of drug-likeness (QED) is 0.931. The summed E-state index contributed by atoms with van der Waals surface area (Å²) < 4.78 is 12.9. The first-order chi connectivity index (χ1) is 11.0. The SMILES string of the molecule is CC1CC(C(=O)O)CN(c2nnc(Cc3ccc(F)cc3)s2)C1. The molecule has 1 aliphatic heterocycles. The summed E-state index contributed by atoms with van der Waals surface area (Å²) in [6, 6.07) is 6.34. The van der Waals surface area contributed by atoms with E-state index in [0.717, 1.165) is 22.2 Å². The van der Waals surface area contributed by atoms with Crippen LogP contribution in [0.4, 0.5) is 9.52 Å². The van der Waals surface area contributed by atoms with E-state index in [9.17, 15) is 14.3 Å². The zero-order valence-electron chi connectivity index (χ0n) is 12.8. The summed E-state index contributed by atoms with van der Waals surface area (Å²) in [7, 11) is 0. The number of hydrogen-bond donors (Lipinski definition) is 1. The number of aliphatic carboxylic acids is 1. The highest BCUT2D eigenvalue weighted by molar-refractivity contribution is 7.15. The average Bonchev–Trinajstić information content (AvgIpc) is 2.97. The molecule has 0 amide bonds. The smallest absolute Gasteiger partial charge is 0.308 e. The van der Waals surface area contributed by atoms with Gasteiger partial charge in [0, 0.05) is 19.5 Å². The number of piperidine rings is 1. The number of carboxylic acids is 1. The maximum absolute atomic E-state index is 12.9. The predicted octanol–water partition coefficient (Wildman–Crippen LogP) is 2.82. The third-order valence-corrected chi connectivity index (χ3v) is 4.99. The molecular weight excluding hydrogens is 317 g/mol. The van der Waals surface area contributed by atoms with Crippen molar-refractivity contribution in [3.05, 3.63) is 40.7 Å². The molecule has 1 fully saturated rings. The Morgan fingerprint density at radius 2 is 2.09 bits per heavy atom. The molecule has 0 spiro atoms. The summed E-state index contributed by atoms with van der Waals surface area (Å²) in [6.45, 7) is 3.34. The van der Waals surface area contributed by atoms with Crippen molar-refractivity contribution >= 4 is 22.4 Å². The minimum Gasteiger partial charge on any atom is -0.481 e. The molecule has 2 heterocycles. The molecule has 23 heavy (non-hydrogen) atoms. The highest BCUT2D eigenvalue weighted by atomic mass is 32.1. The summed E-state index contributed by atoms with van der Waals surface area (Å²) in [5.41, 5.74) is 0.976. The average molecular weight is 335 g/mol. The molecule has 1 aromatic carbocycles. The van der Waals surface area contributed by atoms with Crippen LogP contribution in [0.2, 0.25) is 0 Å². The highest BCUT2D eigenvalue weighted by Crippen LogP contribution is 2.29. The van der Waals surface area contributed by atoms with Crippen molar-refractivity contribution in [3.8, 4) is 0 Å². The Bertz CT molecular complexity index is 689. The summed E-state index contributed by atoms with van der Waals surface area (Å²) in [5, 5.41) is 19.3. The first-order valence-corrected chi connectivity index (χ1v) is 8.37. The number of halogens is 1. The first-order valence-electron chi connectivity index (χ1n) is 7.56. The van der Waals surface area contributed by atoms with Gasteiger partial charge in [0.1, 0.15) is 10.8 Å². The van der Waals surface area contributed by atoms with Crippen LogP contribution in [0.25, 0.3) is 0 Å². The zero-order chi connectivity index (χ0) is 16.4. The van der Waals surface area contributed by atoms with Crippen LogP contribution in [0.3, 0.4) is 0 Å². The number of aromatic nitrogens is 2. The van der Waals surface area contributed by atoms with Crippen LogP contribution < -0.4 is 4.90 Å². The van der Waals surface area contributed by atoms with E-state index in [1.54, 1.807) is 12.1 Å². The van der Waals surface area contributed by atoms with E-state index in [1.165, 1.54) is 23.5 Å². The molecule has 2 unspecified atom stereocenters. The van der Waals surface area contributed by atoms with Gasteiger partial charge in [0.15, 0.2) is 0 Å². The molecule has 0 aliphatic carbocycles. The second-order valence-electron chi connectivity index (χ2n) is 6.06. The van der Waals surface area contributed by atoms with Gasteiger partial charge in [0.25, 0.3) is 0 Å². The summed E-state index contributed by atoms with van der Waals surface area (Å²) in [5.74, 6) is -1.05. The van der Waals surface area contributed by atoms with Crippen LogP contribution >= 0.6 is 11.3 Å². The summed E-state index contributed by atoms with van der Waals surface area (Å²) in [6.07, 6.45) is 1.30. The van der Waals surface area contributed by atoms with Gasteiger partial charge in [-0.2, -0.15) is 0 Å². The Labute approximate surface area is 137 Å². The topological polar surface area (TPSA) is 66.3 Å². The lowest BCUT2D eigenvalue weighted by Gasteiger charge is -2.34. The third kappa shape index (κ3) is 3.85. The molecule has 1 aromatic heterocycles. The standard InChI is InChI=1S/C16H18FN3O2S/c1-10-6-12(15(21)22)9-20(8-10)16-19-18-14(23-16)7-11-2-4-13(17)5-3-11/h2-5,10,12H,6-9H2,1H3,(H,21,22). The molecule has 0 bridgehead atoms. The minimum atomic E-state index is -0.752. The molecule has 2 atom stereocenters. The van der Waals surface area contributed by atoms with Gasteiger partial charge in [-0.25, -0.2) is 4.39 Å². The second-order valence-corrected chi connectivity index (χ2v) is 7.10.